The Morgan fingerprint density at radius 3 is 2.62 bits per heavy atom. The second-order valence-electron chi connectivity index (χ2n) is 6.13. The molecule has 0 bridgehead atoms. The summed E-state index contributed by atoms with van der Waals surface area (Å²) in [4.78, 5) is 15.0. The van der Waals surface area contributed by atoms with E-state index < -0.39 is 0 Å². The van der Waals surface area contributed by atoms with Crippen LogP contribution in [0.25, 0.3) is 0 Å². The van der Waals surface area contributed by atoms with E-state index in [4.69, 9.17) is 16.3 Å². The van der Waals surface area contributed by atoms with Gasteiger partial charge in [-0.15, -0.1) is 0 Å². The molecule has 1 N–H and O–H groups in total. The van der Waals surface area contributed by atoms with Crippen molar-refractivity contribution in [2.24, 2.45) is 5.92 Å². The molecule has 0 aliphatic carbocycles. The number of amides is 1. The predicted octanol–water partition coefficient (Wildman–Crippen LogP) is 3.97. The van der Waals surface area contributed by atoms with Crippen molar-refractivity contribution >= 4 is 33.4 Å². The van der Waals surface area contributed by atoms with Crippen molar-refractivity contribution in [3.05, 3.63) is 33.3 Å². The van der Waals surface area contributed by atoms with Crippen LogP contribution < -0.4 is 5.32 Å². The number of hydrogen-bond donors (Lipinski definition) is 1. The van der Waals surface area contributed by atoms with Crippen LogP contribution in [0.1, 0.15) is 37.0 Å². The molecular formula is C18H26BrClN2O2. The van der Waals surface area contributed by atoms with Gasteiger partial charge in [-0.05, 0) is 24.1 Å². The molecule has 1 amide bonds. The van der Waals surface area contributed by atoms with Gasteiger partial charge in [0.05, 0.1) is 23.8 Å². The molecule has 0 spiro atoms. The van der Waals surface area contributed by atoms with Crippen molar-refractivity contribution in [2.45, 2.75) is 32.7 Å². The van der Waals surface area contributed by atoms with E-state index in [1.807, 2.05) is 6.07 Å². The number of hydrogen-bond acceptors (Lipinski definition) is 3. The van der Waals surface area contributed by atoms with Crippen LogP contribution >= 0.6 is 27.5 Å². The number of nitrogens with one attached hydrogen (secondary N) is 1. The summed E-state index contributed by atoms with van der Waals surface area (Å²) in [7, 11) is 0. The fourth-order valence-electron chi connectivity index (χ4n) is 3.30. The van der Waals surface area contributed by atoms with Crippen LogP contribution in [0.5, 0.6) is 0 Å². The Morgan fingerprint density at radius 1 is 1.33 bits per heavy atom. The molecule has 1 aliphatic heterocycles. The zero-order valence-corrected chi connectivity index (χ0v) is 16.7. The first-order valence-corrected chi connectivity index (χ1v) is 9.78. The fraction of sp³-hybridized carbons (Fsp3) is 0.611. The predicted molar refractivity (Wildman–Crippen MR) is 102 cm³/mol. The van der Waals surface area contributed by atoms with Crippen molar-refractivity contribution in [1.29, 1.82) is 0 Å². The Kier molecular flexibility index (Phi) is 8.01. The van der Waals surface area contributed by atoms with Gasteiger partial charge in [-0.2, -0.15) is 0 Å². The van der Waals surface area contributed by atoms with Gasteiger partial charge in [0.1, 0.15) is 0 Å². The summed E-state index contributed by atoms with van der Waals surface area (Å²) in [5.74, 6) is 0.437. The summed E-state index contributed by atoms with van der Waals surface area (Å²) >= 11 is 9.56. The maximum Gasteiger partial charge on any atom is 0.252 e. The molecule has 4 nitrogen and oxygen atoms in total. The molecule has 0 aromatic heterocycles. The average Bonchev–Trinajstić information content (AvgIpc) is 2.61. The monoisotopic (exact) mass is 416 g/mol. The van der Waals surface area contributed by atoms with Gasteiger partial charge in [0, 0.05) is 30.1 Å². The number of benzene rings is 1. The Balaban J connectivity index is 2.05. The smallest absolute Gasteiger partial charge is 0.252 e. The van der Waals surface area contributed by atoms with Crippen LogP contribution in [0.15, 0.2) is 22.7 Å². The van der Waals surface area contributed by atoms with E-state index >= 15 is 0 Å². The minimum absolute atomic E-state index is 0.120. The fourth-order valence-corrected chi connectivity index (χ4v) is 3.86. The first-order chi connectivity index (χ1) is 11.6. The maximum absolute atomic E-state index is 12.5. The van der Waals surface area contributed by atoms with Gasteiger partial charge in [0.15, 0.2) is 0 Å². The minimum atomic E-state index is -0.120. The molecule has 1 atom stereocenters. The van der Waals surface area contributed by atoms with Gasteiger partial charge in [-0.25, -0.2) is 0 Å². The van der Waals surface area contributed by atoms with Gasteiger partial charge in [-0.3, -0.25) is 9.69 Å². The Bertz CT molecular complexity index is 546. The lowest BCUT2D eigenvalue weighted by Crippen LogP contribution is -2.52. The number of rotatable bonds is 7. The van der Waals surface area contributed by atoms with Crippen LogP contribution in [0, 0.1) is 5.92 Å². The highest BCUT2D eigenvalue weighted by Crippen LogP contribution is 2.22. The molecule has 134 valence electrons. The highest BCUT2D eigenvalue weighted by molar-refractivity contribution is 9.10. The molecule has 0 saturated carbocycles. The van der Waals surface area contributed by atoms with Crippen LogP contribution in [-0.4, -0.2) is 49.7 Å². The number of halogens is 2. The SMILES string of the molecule is CCC(CC)C(CNC(=O)c1cc(Br)ccc1Cl)N1CCOCC1. The highest BCUT2D eigenvalue weighted by Gasteiger charge is 2.27. The van der Waals surface area contributed by atoms with E-state index in [0.29, 0.717) is 29.1 Å². The lowest BCUT2D eigenvalue weighted by atomic mass is 9.92. The second kappa shape index (κ2) is 9.76. The summed E-state index contributed by atoms with van der Waals surface area (Å²) in [6, 6.07) is 5.66. The van der Waals surface area contributed by atoms with Gasteiger partial charge in [-0.1, -0.05) is 54.2 Å². The van der Waals surface area contributed by atoms with Crippen molar-refractivity contribution in [1.82, 2.24) is 10.2 Å². The number of carbonyl (C=O) groups is 1. The molecule has 0 radical (unpaired) electrons. The van der Waals surface area contributed by atoms with E-state index in [0.717, 1.165) is 43.6 Å². The van der Waals surface area contributed by atoms with Crippen LogP contribution in [0.4, 0.5) is 0 Å². The molecule has 1 aromatic carbocycles. The maximum atomic E-state index is 12.5. The Hall–Kier alpha value is -0.620. The number of carbonyl (C=O) groups excluding carboxylic acids is 1. The van der Waals surface area contributed by atoms with E-state index in [9.17, 15) is 4.79 Å². The molecule has 1 heterocycles. The standard InChI is InChI=1S/C18H26BrClN2O2/c1-3-13(4-2)17(22-7-9-24-10-8-22)12-21-18(23)15-11-14(19)5-6-16(15)20/h5-6,11,13,17H,3-4,7-10,12H2,1-2H3,(H,21,23). The third-order valence-electron chi connectivity index (χ3n) is 4.75. The quantitative estimate of drug-likeness (QED) is 0.730. The number of morpholine rings is 1. The number of ether oxygens (including phenoxy) is 1. The first kappa shape index (κ1) is 19.7. The molecule has 1 aromatic rings. The van der Waals surface area contributed by atoms with Gasteiger partial charge in [0.2, 0.25) is 0 Å². The Morgan fingerprint density at radius 2 is 2.00 bits per heavy atom. The van der Waals surface area contributed by atoms with Crippen molar-refractivity contribution < 1.29 is 9.53 Å². The van der Waals surface area contributed by atoms with E-state index in [-0.39, 0.29) is 5.91 Å². The topological polar surface area (TPSA) is 41.6 Å². The van der Waals surface area contributed by atoms with Gasteiger partial charge in [0.25, 0.3) is 5.91 Å². The van der Waals surface area contributed by atoms with Crippen LogP contribution in [-0.2, 0) is 4.74 Å². The molecule has 1 saturated heterocycles. The lowest BCUT2D eigenvalue weighted by Gasteiger charge is -2.38. The third kappa shape index (κ3) is 5.19. The highest BCUT2D eigenvalue weighted by atomic mass is 79.9. The number of nitrogens with zero attached hydrogens (tertiary/aromatic N) is 1. The summed E-state index contributed by atoms with van der Waals surface area (Å²) in [5.41, 5.74) is 0.510. The zero-order valence-electron chi connectivity index (χ0n) is 14.4. The molecule has 1 unspecified atom stereocenters. The van der Waals surface area contributed by atoms with Crippen LogP contribution in [0.3, 0.4) is 0 Å². The van der Waals surface area contributed by atoms with Gasteiger partial charge < -0.3 is 10.1 Å². The van der Waals surface area contributed by atoms with Crippen LogP contribution in [0.2, 0.25) is 5.02 Å². The normalized spacial score (nSPS) is 17.0. The average molecular weight is 418 g/mol. The summed E-state index contributed by atoms with van der Waals surface area (Å²) in [6.07, 6.45) is 2.21. The second-order valence-corrected chi connectivity index (χ2v) is 7.45. The molecule has 1 aliphatic rings. The molecule has 6 heteroatoms. The minimum Gasteiger partial charge on any atom is -0.379 e. The molecule has 1 fully saturated rings. The summed E-state index contributed by atoms with van der Waals surface area (Å²) < 4.78 is 6.32. The summed E-state index contributed by atoms with van der Waals surface area (Å²) in [6.45, 7) is 8.45. The first-order valence-electron chi connectivity index (χ1n) is 8.61. The lowest BCUT2D eigenvalue weighted by molar-refractivity contribution is 0.00191. The largest absolute Gasteiger partial charge is 0.379 e. The van der Waals surface area contributed by atoms with E-state index in [2.05, 4.69) is 40.0 Å². The van der Waals surface area contributed by atoms with Crippen molar-refractivity contribution in [3.8, 4) is 0 Å². The Labute approximate surface area is 158 Å². The van der Waals surface area contributed by atoms with E-state index in [1.165, 1.54) is 0 Å². The third-order valence-corrected chi connectivity index (χ3v) is 5.58. The van der Waals surface area contributed by atoms with Gasteiger partial charge >= 0.3 is 0 Å². The van der Waals surface area contributed by atoms with Crippen molar-refractivity contribution in [2.75, 3.05) is 32.8 Å². The van der Waals surface area contributed by atoms with Crippen molar-refractivity contribution in [3.63, 3.8) is 0 Å². The molecule has 24 heavy (non-hydrogen) atoms. The van der Waals surface area contributed by atoms with E-state index in [1.54, 1.807) is 12.1 Å². The summed E-state index contributed by atoms with van der Waals surface area (Å²) in [5, 5.41) is 3.56. The molecule has 2 rings (SSSR count). The zero-order chi connectivity index (χ0) is 17.5. The molecular weight excluding hydrogens is 392 g/mol.